The van der Waals surface area contributed by atoms with Crippen molar-refractivity contribution in [3.05, 3.63) is 11.6 Å². The molecule has 0 aromatic carbocycles. The molecule has 2 saturated carbocycles. The van der Waals surface area contributed by atoms with E-state index in [-0.39, 0.29) is 24.7 Å². The maximum atomic E-state index is 13.4. The molecule has 4 aliphatic rings. The van der Waals surface area contributed by atoms with Crippen molar-refractivity contribution in [2.45, 2.75) is 77.5 Å². The molecule has 0 aromatic rings. The van der Waals surface area contributed by atoms with E-state index in [4.69, 9.17) is 18.9 Å². The summed E-state index contributed by atoms with van der Waals surface area (Å²) in [5.41, 5.74) is -4.60. The quantitative estimate of drug-likeness (QED) is 0.225. The van der Waals surface area contributed by atoms with Crippen LogP contribution in [0.2, 0.25) is 0 Å². The molecule has 0 unspecified atom stereocenters. The van der Waals surface area contributed by atoms with E-state index in [1.165, 1.54) is 19.9 Å². The molecular formula is C27H36O12. The molecule has 2 aliphatic carbocycles. The number of aliphatic hydroxyl groups excluding tert-OH is 2. The zero-order valence-corrected chi connectivity index (χ0v) is 22.8. The molecule has 3 N–H and O–H groups in total. The molecule has 0 aromatic heterocycles. The molecule has 0 radical (unpaired) electrons. The topological polar surface area (TPSA) is 183 Å². The zero-order valence-electron chi connectivity index (χ0n) is 22.8. The van der Waals surface area contributed by atoms with E-state index in [0.29, 0.717) is 5.57 Å². The first-order valence-corrected chi connectivity index (χ1v) is 13.0. The van der Waals surface area contributed by atoms with Gasteiger partial charge in [0.15, 0.2) is 0 Å². The molecule has 2 heterocycles. The lowest BCUT2D eigenvalue weighted by Gasteiger charge is -2.66. The zero-order chi connectivity index (χ0) is 29.2. The number of carboxylic acids is 1. The summed E-state index contributed by atoms with van der Waals surface area (Å²) in [5, 5.41) is 32.9. The number of carboxylic acid groups (broad SMARTS) is 1. The van der Waals surface area contributed by atoms with Gasteiger partial charge in [-0.3, -0.25) is 9.59 Å². The Bertz CT molecular complexity index is 1130. The highest BCUT2D eigenvalue weighted by atomic mass is 16.6. The number of aliphatic carboxylic acids is 1. The summed E-state index contributed by atoms with van der Waals surface area (Å²) in [4.78, 5) is 64.6. The Hall–Kier alpha value is -2.83. The van der Waals surface area contributed by atoms with Crippen molar-refractivity contribution in [2.75, 3.05) is 13.7 Å². The van der Waals surface area contributed by atoms with Gasteiger partial charge in [-0.05, 0) is 31.6 Å². The average Bonchev–Trinajstić information content (AvgIpc) is 3.14. The molecule has 4 rings (SSSR count). The van der Waals surface area contributed by atoms with E-state index in [1.54, 1.807) is 6.92 Å². The number of allylic oxidation sites excluding steroid dienone is 1. The second-order valence-corrected chi connectivity index (χ2v) is 11.9. The van der Waals surface area contributed by atoms with Crippen LogP contribution in [0.5, 0.6) is 0 Å². The first-order chi connectivity index (χ1) is 18.1. The molecule has 2 bridgehead atoms. The fourth-order valence-electron chi connectivity index (χ4n) is 7.84. The molecule has 2 saturated heterocycles. The van der Waals surface area contributed by atoms with Crippen LogP contribution in [0.15, 0.2) is 11.6 Å². The lowest BCUT2D eigenvalue weighted by molar-refractivity contribution is -0.290. The van der Waals surface area contributed by atoms with Crippen molar-refractivity contribution < 1.29 is 58.2 Å². The normalized spacial score (nSPS) is 42.8. The molecule has 216 valence electrons. The van der Waals surface area contributed by atoms with Gasteiger partial charge in [-0.15, -0.1) is 0 Å². The van der Waals surface area contributed by atoms with Gasteiger partial charge in [0.1, 0.15) is 18.0 Å². The van der Waals surface area contributed by atoms with Crippen LogP contribution < -0.4 is 0 Å². The van der Waals surface area contributed by atoms with Crippen molar-refractivity contribution in [3.8, 4) is 0 Å². The van der Waals surface area contributed by atoms with Crippen LogP contribution in [0.1, 0.15) is 47.5 Å². The van der Waals surface area contributed by atoms with Crippen LogP contribution in [-0.4, -0.2) is 88.7 Å². The van der Waals surface area contributed by atoms with Gasteiger partial charge in [-0.25, -0.2) is 14.4 Å². The van der Waals surface area contributed by atoms with Crippen molar-refractivity contribution in [1.82, 2.24) is 0 Å². The largest absolute Gasteiger partial charge is 0.481 e. The Balaban J connectivity index is 1.95. The van der Waals surface area contributed by atoms with Crippen LogP contribution in [0.4, 0.5) is 0 Å². The number of methoxy groups -OCH3 is 1. The monoisotopic (exact) mass is 552 g/mol. The predicted molar refractivity (Wildman–Crippen MR) is 130 cm³/mol. The van der Waals surface area contributed by atoms with E-state index in [0.717, 1.165) is 7.11 Å². The SMILES string of the molecule is COC(=O)[C@@]12OC[C@]34[C@H]([C@@H](O)[C@@H]1O)[C@@](C)(CC(=O)O)[C@H](C(C)=O)C[C@H]3OC(=O)[C@H](OC(=O)/C=C(\C)C(C)C)[C@@H]24. The van der Waals surface area contributed by atoms with Crippen LogP contribution in [0.3, 0.4) is 0 Å². The van der Waals surface area contributed by atoms with Crippen molar-refractivity contribution in [2.24, 2.45) is 34.5 Å². The summed E-state index contributed by atoms with van der Waals surface area (Å²) in [6.45, 7) is 7.90. The number of hydrogen-bond acceptors (Lipinski definition) is 11. The summed E-state index contributed by atoms with van der Waals surface area (Å²) in [7, 11) is 1.05. The Morgan fingerprint density at radius 2 is 1.79 bits per heavy atom. The van der Waals surface area contributed by atoms with Crippen LogP contribution in [-0.2, 0) is 42.9 Å². The number of rotatable bonds is 7. The number of carbonyl (C=O) groups is 5. The van der Waals surface area contributed by atoms with Gasteiger partial charge in [0, 0.05) is 23.3 Å². The van der Waals surface area contributed by atoms with E-state index in [2.05, 4.69) is 0 Å². The Labute approximate surface area is 225 Å². The van der Waals surface area contributed by atoms with Crippen molar-refractivity contribution in [3.63, 3.8) is 0 Å². The Kier molecular flexibility index (Phi) is 7.23. The number of carbonyl (C=O) groups excluding carboxylic acids is 4. The van der Waals surface area contributed by atoms with E-state index < -0.39 is 88.9 Å². The second kappa shape index (κ2) is 9.67. The molecular weight excluding hydrogens is 516 g/mol. The van der Waals surface area contributed by atoms with Gasteiger partial charge in [-0.1, -0.05) is 26.3 Å². The molecule has 4 fully saturated rings. The summed E-state index contributed by atoms with van der Waals surface area (Å²) >= 11 is 0. The van der Waals surface area contributed by atoms with E-state index in [9.17, 15) is 39.3 Å². The molecule has 1 spiro atoms. The van der Waals surface area contributed by atoms with Gasteiger partial charge in [0.05, 0.1) is 32.2 Å². The third-order valence-electron chi connectivity index (χ3n) is 9.66. The molecule has 0 amide bonds. The minimum absolute atomic E-state index is 0.00521. The summed E-state index contributed by atoms with van der Waals surface area (Å²) in [6.07, 6.45) is -6.09. The minimum Gasteiger partial charge on any atom is -0.481 e. The number of ether oxygens (including phenoxy) is 4. The molecule has 10 atom stereocenters. The van der Waals surface area contributed by atoms with Crippen LogP contribution >= 0.6 is 0 Å². The molecule has 12 heteroatoms. The Morgan fingerprint density at radius 1 is 1.15 bits per heavy atom. The summed E-state index contributed by atoms with van der Waals surface area (Å²) in [6, 6.07) is 0. The highest BCUT2D eigenvalue weighted by Gasteiger charge is 2.85. The van der Waals surface area contributed by atoms with Gasteiger partial charge < -0.3 is 34.3 Å². The fourth-order valence-corrected chi connectivity index (χ4v) is 7.84. The maximum absolute atomic E-state index is 13.4. The smallest absolute Gasteiger partial charge is 0.348 e. The Morgan fingerprint density at radius 3 is 2.33 bits per heavy atom. The number of aliphatic hydroxyl groups is 2. The standard InChI is InChI=1S/C27H36O12/c1-11(2)12(3)7-17(31)39-19-21-26-10-37-27(21,24(35)36-6)22(33)18(32)20(26)25(5,9-16(29)30)14(13(4)28)8-15(26)38-23(19)34/h7,11,14-15,18-22,32-33H,8-10H2,1-6H3,(H,29,30)/b12-7+/t14-,15+,18+,19+,20+,21+,22-,25-,26+,27-/m0/s1. The van der Waals surface area contributed by atoms with Crippen molar-refractivity contribution >= 4 is 29.7 Å². The molecule has 12 nitrogen and oxygen atoms in total. The lowest BCUT2D eigenvalue weighted by Crippen LogP contribution is -2.79. The third kappa shape index (κ3) is 3.93. The van der Waals surface area contributed by atoms with E-state index >= 15 is 0 Å². The lowest BCUT2D eigenvalue weighted by atomic mass is 9.39. The summed E-state index contributed by atoms with van der Waals surface area (Å²) in [5.74, 6) is -8.18. The van der Waals surface area contributed by atoms with E-state index in [1.807, 2.05) is 13.8 Å². The minimum atomic E-state index is -2.32. The highest BCUT2D eigenvalue weighted by molar-refractivity contribution is 5.90. The van der Waals surface area contributed by atoms with Gasteiger partial charge >= 0.3 is 23.9 Å². The van der Waals surface area contributed by atoms with Crippen LogP contribution in [0, 0.1) is 34.5 Å². The fraction of sp³-hybridized carbons (Fsp3) is 0.741. The number of hydrogen-bond donors (Lipinski definition) is 3. The van der Waals surface area contributed by atoms with Gasteiger partial charge in [0.2, 0.25) is 11.7 Å². The molecule has 39 heavy (non-hydrogen) atoms. The second-order valence-electron chi connectivity index (χ2n) is 11.9. The maximum Gasteiger partial charge on any atom is 0.348 e. The van der Waals surface area contributed by atoms with Crippen LogP contribution in [0.25, 0.3) is 0 Å². The number of esters is 3. The highest BCUT2D eigenvalue weighted by Crippen LogP contribution is 2.71. The number of Topliss-reactive ketones (excluding diaryl/α,β-unsaturated/α-hetero) is 1. The predicted octanol–water partition coefficient (Wildman–Crippen LogP) is 0.412. The van der Waals surface area contributed by atoms with Crippen molar-refractivity contribution in [1.29, 1.82) is 0 Å². The average molecular weight is 553 g/mol. The van der Waals surface area contributed by atoms with Gasteiger partial charge in [0.25, 0.3) is 0 Å². The molecule has 2 aliphatic heterocycles. The first kappa shape index (κ1) is 29.2. The van der Waals surface area contributed by atoms with Gasteiger partial charge in [-0.2, -0.15) is 0 Å². The first-order valence-electron chi connectivity index (χ1n) is 13.0. The third-order valence-corrected chi connectivity index (χ3v) is 9.66. The summed E-state index contributed by atoms with van der Waals surface area (Å²) < 4.78 is 22.3. The number of ketones is 1.